The first-order chi connectivity index (χ1) is 13.0. The normalized spacial score (nSPS) is 18.9. The molecule has 4 rings (SSSR count). The highest BCUT2D eigenvalue weighted by atomic mass is 16.5. The molecule has 1 unspecified atom stereocenters. The van der Waals surface area contributed by atoms with E-state index in [9.17, 15) is 0 Å². The summed E-state index contributed by atoms with van der Waals surface area (Å²) in [7, 11) is 1.68. The number of ether oxygens (including phenoxy) is 1. The summed E-state index contributed by atoms with van der Waals surface area (Å²) in [6, 6.07) is 6.75. The number of imidazole rings is 1. The molecule has 1 aliphatic heterocycles. The fourth-order valence-electron chi connectivity index (χ4n) is 4.11. The van der Waals surface area contributed by atoms with Crippen LogP contribution in [0.25, 0.3) is 11.2 Å². The Bertz CT molecular complexity index is 951. The van der Waals surface area contributed by atoms with Gasteiger partial charge < -0.3 is 9.72 Å². The number of hydrogen-bond donors (Lipinski definition) is 1. The molecule has 0 amide bonds. The third-order valence-corrected chi connectivity index (χ3v) is 5.55. The van der Waals surface area contributed by atoms with Crippen molar-refractivity contribution in [2.24, 2.45) is 5.92 Å². The molecule has 1 aliphatic rings. The number of rotatable bonds is 5. The van der Waals surface area contributed by atoms with Gasteiger partial charge in [-0.15, -0.1) is 0 Å². The fraction of sp³-hybridized carbons (Fsp3) is 0.476. The molecule has 6 heteroatoms. The minimum Gasteiger partial charge on any atom is -0.481 e. The minimum atomic E-state index is 0.345. The summed E-state index contributed by atoms with van der Waals surface area (Å²) in [5.41, 5.74) is 5.38. The van der Waals surface area contributed by atoms with Crippen molar-refractivity contribution in [3.05, 3.63) is 47.0 Å². The zero-order valence-corrected chi connectivity index (χ0v) is 16.5. The maximum absolute atomic E-state index is 5.32. The van der Waals surface area contributed by atoms with Crippen molar-refractivity contribution in [3.63, 3.8) is 0 Å². The van der Waals surface area contributed by atoms with Gasteiger partial charge in [0.2, 0.25) is 5.88 Å². The molecule has 0 saturated carbocycles. The number of hydrogen-bond acceptors (Lipinski definition) is 5. The lowest BCUT2D eigenvalue weighted by atomic mass is 9.99. The molecule has 0 aromatic carbocycles. The molecule has 0 radical (unpaired) electrons. The van der Waals surface area contributed by atoms with Crippen LogP contribution in [0.4, 0.5) is 0 Å². The van der Waals surface area contributed by atoms with Crippen LogP contribution in [0.15, 0.2) is 24.4 Å². The number of pyridine rings is 2. The number of aromatic nitrogens is 4. The lowest BCUT2D eigenvalue weighted by molar-refractivity contribution is 0.252. The van der Waals surface area contributed by atoms with Crippen LogP contribution in [0.3, 0.4) is 0 Å². The molecule has 0 bridgehead atoms. The molecular weight excluding hydrogens is 338 g/mol. The lowest BCUT2D eigenvalue weighted by Crippen LogP contribution is -2.25. The van der Waals surface area contributed by atoms with E-state index in [-0.39, 0.29) is 0 Å². The molecule has 1 fully saturated rings. The van der Waals surface area contributed by atoms with Crippen molar-refractivity contribution < 1.29 is 4.74 Å². The maximum atomic E-state index is 5.32. The Kier molecular flexibility index (Phi) is 4.83. The summed E-state index contributed by atoms with van der Waals surface area (Å²) in [5.74, 6) is 2.27. The molecule has 0 spiro atoms. The number of H-pyrrole nitrogens is 1. The average molecular weight is 365 g/mol. The van der Waals surface area contributed by atoms with Crippen LogP contribution in [0.2, 0.25) is 0 Å². The van der Waals surface area contributed by atoms with Gasteiger partial charge >= 0.3 is 0 Å². The standard InChI is InChI=1S/C21H27N5O/c1-13-7-17(9-20(23-13)27-4)8-16-5-6-26(12-16)14(2)18-10-19-21(22-11-18)25-15(3)24-19/h7,9-11,14,16H,5-6,8,12H2,1-4H3,(H,22,24,25)/t14?,16-/m1/s1. The fourth-order valence-corrected chi connectivity index (χ4v) is 4.11. The van der Waals surface area contributed by atoms with Gasteiger partial charge in [0, 0.05) is 30.5 Å². The second kappa shape index (κ2) is 7.27. The quantitative estimate of drug-likeness (QED) is 0.748. The molecule has 3 aromatic rings. The van der Waals surface area contributed by atoms with Gasteiger partial charge in [-0.3, -0.25) is 4.90 Å². The third kappa shape index (κ3) is 3.81. The number of methoxy groups -OCH3 is 1. The minimum absolute atomic E-state index is 0.345. The van der Waals surface area contributed by atoms with E-state index >= 15 is 0 Å². The maximum Gasteiger partial charge on any atom is 0.213 e. The summed E-state index contributed by atoms with van der Waals surface area (Å²) in [6.07, 6.45) is 4.26. The van der Waals surface area contributed by atoms with Crippen molar-refractivity contribution >= 4 is 11.2 Å². The van der Waals surface area contributed by atoms with Crippen LogP contribution < -0.4 is 4.74 Å². The molecule has 3 aromatic heterocycles. The highest BCUT2D eigenvalue weighted by molar-refractivity contribution is 5.71. The number of nitrogens with zero attached hydrogens (tertiary/aromatic N) is 4. The SMILES string of the molecule is COc1cc(C[C@H]2CCN(C(C)c3cnc4[nH]c(C)nc4c3)C2)cc(C)n1. The van der Waals surface area contributed by atoms with Crippen LogP contribution >= 0.6 is 0 Å². The predicted octanol–water partition coefficient (Wildman–Crippen LogP) is 3.60. The third-order valence-electron chi connectivity index (χ3n) is 5.55. The Morgan fingerprint density at radius 2 is 2.11 bits per heavy atom. The topological polar surface area (TPSA) is 66.9 Å². The summed E-state index contributed by atoms with van der Waals surface area (Å²) in [6.45, 7) is 8.47. The van der Waals surface area contributed by atoms with E-state index in [1.54, 1.807) is 7.11 Å². The predicted molar refractivity (Wildman–Crippen MR) is 106 cm³/mol. The van der Waals surface area contributed by atoms with Gasteiger partial charge in [0.1, 0.15) is 11.3 Å². The second-order valence-electron chi connectivity index (χ2n) is 7.65. The van der Waals surface area contributed by atoms with Crippen molar-refractivity contribution in [2.45, 2.75) is 39.7 Å². The summed E-state index contributed by atoms with van der Waals surface area (Å²) < 4.78 is 5.32. The summed E-state index contributed by atoms with van der Waals surface area (Å²) >= 11 is 0. The van der Waals surface area contributed by atoms with E-state index < -0.39 is 0 Å². The van der Waals surface area contributed by atoms with Gasteiger partial charge in [-0.2, -0.15) is 0 Å². The van der Waals surface area contributed by atoms with Gasteiger partial charge in [0.25, 0.3) is 0 Å². The number of nitrogens with one attached hydrogen (secondary N) is 1. The molecule has 6 nitrogen and oxygen atoms in total. The second-order valence-corrected chi connectivity index (χ2v) is 7.65. The first kappa shape index (κ1) is 17.9. The first-order valence-corrected chi connectivity index (χ1v) is 9.59. The van der Waals surface area contributed by atoms with Gasteiger partial charge in [0.15, 0.2) is 5.65 Å². The van der Waals surface area contributed by atoms with E-state index in [1.807, 2.05) is 20.0 Å². The summed E-state index contributed by atoms with van der Waals surface area (Å²) in [5, 5.41) is 0. The lowest BCUT2D eigenvalue weighted by Gasteiger charge is -2.24. The molecule has 142 valence electrons. The average Bonchev–Trinajstić information content (AvgIpc) is 3.25. The van der Waals surface area contributed by atoms with Crippen LogP contribution in [0.1, 0.15) is 42.0 Å². The van der Waals surface area contributed by atoms with E-state index in [1.165, 1.54) is 17.5 Å². The molecule has 0 aliphatic carbocycles. The zero-order chi connectivity index (χ0) is 19.0. The molecular formula is C21H27N5O. The first-order valence-electron chi connectivity index (χ1n) is 9.59. The number of likely N-dealkylation sites (tertiary alicyclic amines) is 1. The zero-order valence-electron chi connectivity index (χ0n) is 16.5. The van der Waals surface area contributed by atoms with E-state index in [2.05, 4.69) is 50.0 Å². The Hall–Kier alpha value is -2.47. The Morgan fingerprint density at radius 3 is 2.93 bits per heavy atom. The van der Waals surface area contributed by atoms with Gasteiger partial charge in [-0.1, -0.05) is 0 Å². The summed E-state index contributed by atoms with van der Waals surface area (Å²) in [4.78, 5) is 19.2. The highest BCUT2D eigenvalue weighted by Gasteiger charge is 2.27. The van der Waals surface area contributed by atoms with Crippen molar-refractivity contribution in [2.75, 3.05) is 20.2 Å². The van der Waals surface area contributed by atoms with Crippen molar-refractivity contribution in [3.8, 4) is 5.88 Å². The molecule has 1 N–H and O–H groups in total. The Labute approximate surface area is 160 Å². The van der Waals surface area contributed by atoms with Crippen LogP contribution in [0, 0.1) is 19.8 Å². The number of fused-ring (bicyclic) bond motifs is 1. The van der Waals surface area contributed by atoms with E-state index in [0.717, 1.165) is 42.2 Å². The van der Waals surface area contributed by atoms with E-state index in [0.29, 0.717) is 17.8 Å². The smallest absolute Gasteiger partial charge is 0.213 e. The van der Waals surface area contributed by atoms with Crippen molar-refractivity contribution in [1.82, 2.24) is 24.8 Å². The van der Waals surface area contributed by atoms with Crippen LogP contribution in [0.5, 0.6) is 5.88 Å². The van der Waals surface area contributed by atoms with Gasteiger partial charge in [-0.05, 0) is 69.3 Å². The molecule has 4 heterocycles. The van der Waals surface area contributed by atoms with Gasteiger partial charge in [0.05, 0.1) is 7.11 Å². The molecule has 1 saturated heterocycles. The number of aryl methyl sites for hydroxylation is 2. The highest BCUT2D eigenvalue weighted by Crippen LogP contribution is 2.30. The Morgan fingerprint density at radius 1 is 1.26 bits per heavy atom. The van der Waals surface area contributed by atoms with Crippen LogP contribution in [-0.2, 0) is 6.42 Å². The Balaban J connectivity index is 1.44. The monoisotopic (exact) mass is 365 g/mol. The largest absolute Gasteiger partial charge is 0.481 e. The van der Waals surface area contributed by atoms with Crippen molar-refractivity contribution in [1.29, 1.82) is 0 Å². The molecule has 2 atom stereocenters. The number of aromatic amines is 1. The molecule has 27 heavy (non-hydrogen) atoms. The van der Waals surface area contributed by atoms with E-state index in [4.69, 9.17) is 4.74 Å². The van der Waals surface area contributed by atoms with Crippen LogP contribution in [-0.4, -0.2) is 45.0 Å². The van der Waals surface area contributed by atoms with Gasteiger partial charge in [-0.25, -0.2) is 15.0 Å².